The van der Waals surface area contributed by atoms with Gasteiger partial charge in [0.25, 0.3) is 0 Å². The highest BCUT2D eigenvalue weighted by Gasteiger charge is 2.47. The van der Waals surface area contributed by atoms with E-state index in [1.54, 1.807) is 13.4 Å². The third-order valence-corrected chi connectivity index (χ3v) is 18.0. The largest absolute Gasteiger partial charge is 0.497 e. The van der Waals surface area contributed by atoms with Gasteiger partial charge in [-0.1, -0.05) is 41.5 Å². The number of benzene rings is 1. The molecule has 0 amide bonds. The van der Waals surface area contributed by atoms with E-state index in [0.29, 0.717) is 30.0 Å². The Hall–Kier alpha value is -2.52. The highest BCUT2D eigenvalue weighted by atomic mass is 28.4. The number of aromatic nitrogens is 4. The van der Waals surface area contributed by atoms with Crippen LogP contribution in [0.15, 0.2) is 30.6 Å². The minimum Gasteiger partial charge on any atom is -0.497 e. The Kier molecular flexibility index (Phi) is 8.65. The molecule has 0 aliphatic carbocycles. The molecule has 41 heavy (non-hydrogen) atoms. The Bertz CT molecular complexity index is 1350. The van der Waals surface area contributed by atoms with Crippen molar-refractivity contribution in [3.8, 4) is 5.75 Å². The summed E-state index contributed by atoms with van der Waals surface area (Å²) in [6, 6.07) is 7.58. The number of fused-ring (bicyclic) bond motifs is 1. The molecule has 1 aromatic carbocycles. The number of ether oxygens (including phenoxy) is 2. The maximum absolute atomic E-state index is 6.95. The average Bonchev–Trinajstić information content (AvgIpc) is 3.45. The molecule has 2 aromatic heterocycles. The predicted octanol–water partition coefficient (Wildman–Crippen LogP) is 6.86. The van der Waals surface area contributed by atoms with Gasteiger partial charge in [0.15, 0.2) is 33.6 Å². The van der Waals surface area contributed by atoms with Crippen molar-refractivity contribution in [2.75, 3.05) is 24.8 Å². The van der Waals surface area contributed by atoms with Gasteiger partial charge in [0.1, 0.15) is 18.1 Å². The molecule has 0 unspecified atom stereocenters. The van der Waals surface area contributed by atoms with Gasteiger partial charge in [0.05, 0.1) is 26.1 Å². The summed E-state index contributed by atoms with van der Waals surface area (Å²) in [4.78, 5) is 13.7. The zero-order valence-corrected chi connectivity index (χ0v) is 28.5. The molecule has 3 N–H and O–H groups in total. The van der Waals surface area contributed by atoms with Gasteiger partial charge < -0.3 is 29.4 Å². The average molecular weight is 601 g/mol. The van der Waals surface area contributed by atoms with Crippen LogP contribution >= 0.6 is 0 Å². The fraction of sp³-hybridized carbons (Fsp3) is 0.621. The number of nitrogens with one attached hydrogen (secondary N) is 1. The summed E-state index contributed by atoms with van der Waals surface area (Å²) in [5, 5.41) is 3.49. The molecule has 0 bridgehead atoms. The Balaban J connectivity index is 1.63. The van der Waals surface area contributed by atoms with Gasteiger partial charge in [0, 0.05) is 12.1 Å². The van der Waals surface area contributed by atoms with Gasteiger partial charge in [-0.05, 0) is 60.5 Å². The van der Waals surface area contributed by atoms with Crippen LogP contribution in [0.1, 0.15) is 54.2 Å². The van der Waals surface area contributed by atoms with Crippen molar-refractivity contribution in [2.45, 2.75) is 103 Å². The van der Waals surface area contributed by atoms with Crippen LogP contribution in [0.5, 0.6) is 5.75 Å². The van der Waals surface area contributed by atoms with Crippen LogP contribution in [-0.2, 0) is 13.6 Å². The summed E-state index contributed by atoms with van der Waals surface area (Å²) < 4.78 is 27.5. The quantitative estimate of drug-likeness (QED) is 0.254. The van der Waals surface area contributed by atoms with E-state index in [1.165, 1.54) is 0 Å². The summed E-state index contributed by atoms with van der Waals surface area (Å²) in [7, 11) is -2.42. The van der Waals surface area contributed by atoms with Gasteiger partial charge in [-0.3, -0.25) is 4.57 Å². The Morgan fingerprint density at radius 3 is 2.22 bits per heavy atom. The van der Waals surface area contributed by atoms with E-state index in [4.69, 9.17) is 24.1 Å². The lowest BCUT2D eigenvalue weighted by Gasteiger charge is -2.40. The molecule has 0 saturated carbocycles. The number of methoxy groups -OCH3 is 1. The first-order chi connectivity index (χ1) is 18.9. The van der Waals surface area contributed by atoms with E-state index in [1.807, 2.05) is 28.8 Å². The predicted molar refractivity (Wildman–Crippen MR) is 170 cm³/mol. The molecule has 0 spiro atoms. The maximum atomic E-state index is 6.95. The van der Waals surface area contributed by atoms with Crippen molar-refractivity contribution in [3.05, 3.63) is 30.6 Å². The van der Waals surface area contributed by atoms with Crippen molar-refractivity contribution in [2.24, 2.45) is 0 Å². The summed E-state index contributed by atoms with van der Waals surface area (Å²) in [5.41, 5.74) is 8.23. The smallest absolute Gasteiger partial charge is 0.224 e. The molecular formula is C29H48N6O4Si2. The molecule has 1 aliphatic rings. The normalized spacial score (nSPS) is 20.5. The minimum atomic E-state index is -2.07. The molecule has 1 saturated heterocycles. The second-order valence-corrected chi connectivity index (χ2v) is 23.5. The topological polar surface area (TPSA) is 119 Å². The number of anilines is 3. The van der Waals surface area contributed by atoms with Gasteiger partial charge in [-0.25, -0.2) is 4.98 Å². The number of nitrogen functional groups attached to an aromatic ring is 1. The molecule has 3 aromatic rings. The number of hydrogen-bond donors (Lipinski definition) is 2. The van der Waals surface area contributed by atoms with E-state index in [2.05, 4.69) is 88.0 Å². The van der Waals surface area contributed by atoms with Gasteiger partial charge in [-0.15, -0.1) is 0 Å². The highest BCUT2D eigenvalue weighted by molar-refractivity contribution is 6.74. The Labute approximate surface area is 246 Å². The third kappa shape index (κ3) is 6.77. The summed E-state index contributed by atoms with van der Waals surface area (Å²) in [5.74, 6) is 1.45. The van der Waals surface area contributed by atoms with Gasteiger partial charge in [0.2, 0.25) is 5.95 Å². The third-order valence-electron chi connectivity index (χ3n) is 8.95. The zero-order valence-electron chi connectivity index (χ0n) is 26.5. The second-order valence-electron chi connectivity index (χ2n) is 14.0. The van der Waals surface area contributed by atoms with Crippen LogP contribution in [0.2, 0.25) is 36.3 Å². The molecule has 1 fully saturated rings. The molecule has 4 rings (SSSR count). The lowest BCUT2D eigenvalue weighted by molar-refractivity contribution is -0.0383. The van der Waals surface area contributed by atoms with Crippen LogP contribution in [0, 0.1) is 0 Å². The van der Waals surface area contributed by atoms with E-state index in [0.717, 1.165) is 11.4 Å². The van der Waals surface area contributed by atoms with Gasteiger partial charge >= 0.3 is 0 Å². The van der Waals surface area contributed by atoms with Crippen molar-refractivity contribution >= 4 is 45.3 Å². The first-order valence-corrected chi connectivity index (χ1v) is 20.1. The summed E-state index contributed by atoms with van der Waals surface area (Å²) in [6.07, 6.45) is 1.76. The molecule has 3 atom stereocenters. The van der Waals surface area contributed by atoms with Crippen molar-refractivity contribution < 1.29 is 18.3 Å². The summed E-state index contributed by atoms with van der Waals surface area (Å²) >= 11 is 0. The number of hydrogen-bond acceptors (Lipinski definition) is 9. The van der Waals surface area contributed by atoms with E-state index < -0.39 is 16.6 Å². The van der Waals surface area contributed by atoms with Crippen LogP contribution in [-0.4, -0.2) is 62.1 Å². The molecule has 3 heterocycles. The first kappa shape index (κ1) is 31.4. The van der Waals surface area contributed by atoms with E-state index >= 15 is 0 Å². The van der Waals surface area contributed by atoms with Crippen molar-refractivity contribution in [1.82, 2.24) is 19.5 Å². The van der Waals surface area contributed by atoms with Crippen LogP contribution in [0.25, 0.3) is 11.2 Å². The SMILES string of the molecule is COc1ccc(Nc2nc(N)nc3c2ncn3[C@H]2C[C@H](O[Si](C)(C)C(C)(C)C)[C@@H](CO[Si](C)(C)C(C)(C)C)O2)cc1. The zero-order chi connectivity index (χ0) is 30.4. The molecule has 12 heteroatoms. The standard InChI is InChI=1S/C29H48N6O4Si2/c1-28(2,3)40(8,9)37-17-22-21(39-41(10,11)29(4,5)6)16-23(38-22)35-18-31-24-25(33-27(30)34-26(24)35)32-19-12-14-20(36-7)15-13-19/h12-15,18,21-23H,16-17H2,1-11H3,(H3,30,32,33,34)/t21-,22+,23+/m0/s1. The van der Waals surface area contributed by atoms with Crippen molar-refractivity contribution in [1.29, 1.82) is 0 Å². The molecular weight excluding hydrogens is 553 g/mol. The number of nitrogens with zero attached hydrogens (tertiary/aromatic N) is 4. The fourth-order valence-electron chi connectivity index (χ4n) is 4.25. The highest BCUT2D eigenvalue weighted by Crippen LogP contribution is 2.43. The van der Waals surface area contributed by atoms with E-state index in [9.17, 15) is 0 Å². The van der Waals surface area contributed by atoms with Crippen LogP contribution in [0.4, 0.5) is 17.5 Å². The van der Waals surface area contributed by atoms with E-state index in [-0.39, 0.29) is 34.5 Å². The van der Waals surface area contributed by atoms with Crippen LogP contribution < -0.4 is 15.8 Å². The fourth-order valence-corrected chi connectivity index (χ4v) is 6.62. The van der Waals surface area contributed by atoms with Gasteiger partial charge in [-0.2, -0.15) is 9.97 Å². The number of nitrogens with two attached hydrogens (primary N) is 1. The lowest BCUT2D eigenvalue weighted by atomic mass is 10.2. The Morgan fingerprint density at radius 1 is 1.00 bits per heavy atom. The summed E-state index contributed by atoms with van der Waals surface area (Å²) in [6.45, 7) is 23.1. The lowest BCUT2D eigenvalue weighted by Crippen LogP contribution is -2.48. The minimum absolute atomic E-state index is 0.0708. The molecule has 226 valence electrons. The number of imidazole rings is 1. The monoisotopic (exact) mass is 600 g/mol. The Morgan fingerprint density at radius 2 is 1.63 bits per heavy atom. The van der Waals surface area contributed by atoms with Crippen molar-refractivity contribution in [3.63, 3.8) is 0 Å². The first-order valence-electron chi connectivity index (χ1n) is 14.3. The molecule has 0 radical (unpaired) electrons. The second kappa shape index (κ2) is 11.3. The number of rotatable bonds is 9. The van der Waals surface area contributed by atoms with Crippen LogP contribution in [0.3, 0.4) is 0 Å². The maximum Gasteiger partial charge on any atom is 0.224 e. The molecule has 10 nitrogen and oxygen atoms in total. The molecule has 1 aliphatic heterocycles.